The summed E-state index contributed by atoms with van der Waals surface area (Å²) >= 11 is 0. The summed E-state index contributed by atoms with van der Waals surface area (Å²) in [7, 11) is 0. The molecule has 0 aromatic heterocycles. The standard InChI is InChI=1S/C33H40N2O5/c1-24(28-11-10-27-9-5-17-34-31(27)21-28)40-32-22-35(33(36)37)18-16-30(32)26-12-14-29(15-13-26)39-20-6-19-38-23-25-7-3-2-4-8-25/h2-4,7-8,10-15,21,24,30,32,34H,5-6,9,16-20,22-23H2,1H3,(H,36,37). The van der Waals surface area contributed by atoms with E-state index in [9.17, 15) is 9.90 Å². The van der Waals surface area contributed by atoms with Gasteiger partial charge in [-0.25, -0.2) is 4.79 Å². The first-order chi connectivity index (χ1) is 19.6. The lowest BCUT2D eigenvalue weighted by molar-refractivity contribution is -0.0501. The predicted molar refractivity (Wildman–Crippen MR) is 156 cm³/mol. The maximum absolute atomic E-state index is 11.8. The molecule has 1 fully saturated rings. The van der Waals surface area contributed by atoms with Crippen molar-refractivity contribution in [3.63, 3.8) is 0 Å². The molecule has 1 saturated heterocycles. The smallest absolute Gasteiger partial charge is 0.407 e. The van der Waals surface area contributed by atoms with Crippen LogP contribution in [0.4, 0.5) is 10.5 Å². The van der Waals surface area contributed by atoms with E-state index in [-0.39, 0.29) is 18.1 Å². The molecule has 3 unspecified atom stereocenters. The highest BCUT2D eigenvalue weighted by atomic mass is 16.5. The Morgan fingerprint density at radius 1 is 1.07 bits per heavy atom. The molecule has 5 rings (SSSR count). The lowest BCUT2D eigenvalue weighted by Gasteiger charge is -2.39. The van der Waals surface area contributed by atoms with Gasteiger partial charge in [0.15, 0.2) is 0 Å². The minimum atomic E-state index is -0.894. The van der Waals surface area contributed by atoms with Crippen molar-refractivity contribution in [2.24, 2.45) is 0 Å². The third kappa shape index (κ3) is 7.34. The van der Waals surface area contributed by atoms with Crippen LogP contribution < -0.4 is 10.1 Å². The molecule has 1 amide bonds. The average molecular weight is 545 g/mol. The molecule has 3 aromatic rings. The Morgan fingerprint density at radius 2 is 1.90 bits per heavy atom. The number of amides is 1. The number of likely N-dealkylation sites (tertiary alicyclic amines) is 1. The normalized spacial score (nSPS) is 19.4. The van der Waals surface area contributed by atoms with Gasteiger partial charge >= 0.3 is 6.09 Å². The second kappa shape index (κ2) is 13.7. The fraction of sp³-hybridized carbons (Fsp3) is 0.424. The Labute approximate surface area is 237 Å². The number of carboxylic acid groups (broad SMARTS) is 1. The largest absolute Gasteiger partial charge is 0.494 e. The van der Waals surface area contributed by atoms with E-state index >= 15 is 0 Å². The molecule has 3 aromatic carbocycles. The lowest BCUT2D eigenvalue weighted by atomic mass is 9.86. The van der Waals surface area contributed by atoms with Gasteiger partial charge in [0, 0.05) is 31.1 Å². The van der Waals surface area contributed by atoms with E-state index in [1.807, 2.05) is 30.3 Å². The molecule has 0 spiro atoms. The van der Waals surface area contributed by atoms with Gasteiger partial charge in [0.25, 0.3) is 0 Å². The van der Waals surface area contributed by atoms with E-state index in [0.29, 0.717) is 39.3 Å². The number of anilines is 1. The maximum Gasteiger partial charge on any atom is 0.407 e. The van der Waals surface area contributed by atoms with E-state index in [1.165, 1.54) is 21.7 Å². The highest BCUT2D eigenvalue weighted by Crippen LogP contribution is 2.35. The van der Waals surface area contributed by atoms with Gasteiger partial charge in [0.2, 0.25) is 0 Å². The summed E-state index contributed by atoms with van der Waals surface area (Å²) in [6.45, 7) is 5.75. The molecular weight excluding hydrogens is 504 g/mol. The molecule has 3 atom stereocenters. The van der Waals surface area contributed by atoms with E-state index in [4.69, 9.17) is 14.2 Å². The van der Waals surface area contributed by atoms with Crippen LogP contribution in [-0.4, -0.2) is 55.1 Å². The SMILES string of the molecule is CC(OC1CN(C(=O)O)CCC1c1ccc(OCCCOCc2ccccc2)cc1)c1ccc2c(c1)NCCC2. The van der Waals surface area contributed by atoms with Crippen molar-refractivity contribution >= 4 is 11.8 Å². The number of fused-ring (bicyclic) bond motifs is 1. The topological polar surface area (TPSA) is 80.3 Å². The monoisotopic (exact) mass is 544 g/mol. The molecule has 2 aliphatic heterocycles. The van der Waals surface area contributed by atoms with Crippen molar-refractivity contribution < 1.29 is 24.1 Å². The van der Waals surface area contributed by atoms with Crippen LogP contribution in [0.15, 0.2) is 72.8 Å². The second-order valence-corrected chi connectivity index (χ2v) is 10.7. The van der Waals surface area contributed by atoms with Crippen LogP contribution in [0, 0.1) is 0 Å². The fourth-order valence-corrected chi connectivity index (χ4v) is 5.61. The van der Waals surface area contributed by atoms with E-state index in [2.05, 4.69) is 54.7 Å². The van der Waals surface area contributed by atoms with Crippen LogP contribution in [0.1, 0.15) is 60.5 Å². The van der Waals surface area contributed by atoms with Gasteiger partial charge in [0.1, 0.15) is 5.75 Å². The van der Waals surface area contributed by atoms with Gasteiger partial charge in [-0.15, -0.1) is 0 Å². The van der Waals surface area contributed by atoms with Crippen molar-refractivity contribution in [3.8, 4) is 5.75 Å². The van der Waals surface area contributed by atoms with Gasteiger partial charge in [-0.05, 0) is 66.6 Å². The minimum absolute atomic E-state index is 0.106. The Morgan fingerprint density at radius 3 is 2.70 bits per heavy atom. The number of hydrogen-bond acceptors (Lipinski definition) is 5. The third-order valence-electron chi connectivity index (χ3n) is 7.87. The predicted octanol–water partition coefficient (Wildman–Crippen LogP) is 6.64. The number of ether oxygens (including phenoxy) is 3. The Balaban J connectivity index is 1.16. The zero-order chi connectivity index (χ0) is 27.7. The zero-order valence-corrected chi connectivity index (χ0v) is 23.3. The first-order valence-corrected chi connectivity index (χ1v) is 14.4. The number of aryl methyl sites for hydroxylation is 1. The third-order valence-corrected chi connectivity index (χ3v) is 7.87. The lowest BCUT2D eigenvalue weighted by Crippen LogP contribution is -2.46. The second-order valence-electron chi connectivity index (χ2n) is 10.7. The van der Waals surface area contributed by atoms with Crippen molar-refractivity contribution in [2.75, 3.05) is 38.2 Å². The first kappa shape index (κ1) is 28.0. The van der Waals surface area contributed by atoms with Crippen LogP contribution >= 0.6 is 0 Å². The summed E-state index contributed by atoms with van der Waals surface area (Å²) in [4.78, 5) is 13.3. The molecular formula is C33H40N2O5. The van der Waals surface area contributed by atoms with Crippen LogP contribution in [-0.2, 0) is 22.5 Å². The van der Waals surface area contributed by atoms with Crippen LogP contribution in [0.25, 0.3) is 0 Å². The van der Waals surface area contributed by atoms with Gasteiger partial charge in [-0.3, -0.25) is 0 Å². The number of rotatable bonds is 11. The number of nitrogens with zero attached hydrogens (tertiary/aromatic N) is 1. The molecule has 2 aliphatic rings. The quantitative estimate of drug-likeness (QED) is 0.263. The molecule has 2 N–H and O–H groups in total. The number of piperidine rings is 1. The highest BCUT2D eigenvalue weighted by Gasteiger charge is 2.34. The Bertz CT molecular complexity index is 1230. The fourth-order valence-electron chi connectivity index (χ4n) is 5.61. The van der Waals surface area contributed by atoms with Crippen LogP contribution in [0.5, 0.6) is 5.75 Å². The number of nitrogens with one attached hydrogen (secondary N) is 1. The van der Waals surface area contributed by atoms with E-state index in [0.717, 1.165) is 42.7 Å². The maximum atomic E-state index is 11.8. The van der Waals surface area contributed by atoms with E-state index in [1.54, 1.807) is 0 Å². The number of hydrogen-bond donors (Lipinski definition) is 2. The van der Waals surface area contributed by atoms with E-state index < -0.39 is 6.09 Å². The molecule has 0 saturated carbocycles. The summed E-state index contributed by atoms with van der Waals surface area (Å²) in [6.07, 6.45) is 2.49. The summed E-state index contributed by atoms with van der Waals surface area (Å²) < 4.78 is 18.3. The molecule has 7 nitrogen and oxygen atoms in total. The molecule has 0 bridgehead atoms. The van der Waals surface area contributed by atoms with Gasteiger partial charge < -0.3 is 29.5 Å². The van der Waals surface area contributed by atoms with Crippen LogP contribution in [0.2, 0.25) is 0 Å². The molecule has 7 heteroatoms. The minimum Gasteiger partial charge on any atom is -0.494 e. The summed E-state index contributed by atoms with van der Waals surface area (Å²) in [5.74, 6) is 0.927. The molecule has 40 heavy (non-hydrogen) atoms. The summed E-state index contributed by atoms with van der Waals surface area (Å²) in [5, 5.41) is 13.2. The van der Waals surface area contributed by atoms with Crippen molar-refractivity contribution in [2.45, 2.75) is 57.3 Å². The van der Waals surface area contributed by atoms with Gasteiger partial charge in [-0.2, -0.15) is 0 Å². The average Bonchev–Trinajstić information content (AvgIpc) is 2.99. The molecule has 212 valence electrons. The van der Waals surface area contributed by atoms with Crippen molar-refractivity contribution in [1.82, 2.24) is 4.90 Å². The van der Waals surface area contributed by atoms with Gasteiger partial charge in [-0.1, -0.05) is 54.6 Å². The summed E-state index contributed by atoms with van der Waals surface area (Å²) in [6, 6.07) is 24.8. The highest BCUT2D eigenvalue weighted by molar-refractivity contribution is 5.65. The zero-order valence-electron chi connectivity index (χ0n) is 23.3. The molecule has 0 radical (unpaired) electrons. The molecule has 2 heterocycles. The van der Waals surface area contributed by atoms with Crippen LogP contribution in [0.3, 0.4) is 0 Å². The summed E-state index contributed by atoms with van der Waals surface area (Å²) in [5.41, 5.74) is 5.95. The molecule has 0 aliphatic carbocycles. The van der Waals surface area contributed by atoms with Crippen molar-refractivity contribution in [3.05, 3.63) is 95.1 Å². The first-order valence-electron chi connectivity index (χ1n) is 14.4. The van der Waals surface area contributed by atoms with Gasteiger partial charge in [0.05, 0.1) is 38.6 Å². The van der Waals surface area contributed by atoms with Crippen molar-refractivity contribution in [1.29, 1.82) is 0 Å². The Kier molecular flexibility index (Phi) is 9.58. The number of carbonyl (C=O) groups is 1. The Hall–Kier alpha value is -3.55. The number of benzene rings is 3.